The molecule has 0 unspecified atom stereocenters. The maximum atomic E-state index is 8.56. The van der Waals surface area contributed by atoms with Gasteiger partial charge in [-0.05, 0) is 51.4 Å². The first kappa shape index (κ1) is 18.7. The number of allylic oxidation sites excluding steroid dienone is 8. The van der Waals surface area contributed by atoms with Crippen LogP contribution in [0.25, 0.3) is 0 Å². The molecule has 0 spiro atoms. The molecule has 0 aliphatic rings. The SMILES string of the molecule is C=CCCC=CCCC=CCCC=CCCC=CCO. The summed E-state index contributed by atoms with van der Waals surface area (Å²) in [5, 5.41) is 8.56. The predicted octanol–water partition coefficient (Wildman–Crippen LogP) is 5.51. The summed E-state index contributed by atoms with van der Waals surface area (Å²) in [6.45, 7) is 3.85. The lowest BCUT2D eigenvalue weighted by molar-refractivity contribution is 0.342. The van der Waals surface area contributed by atoms with E-state index in [1.165, 1.54) is 0 Å². The Kier molecular flexibility index (Phi) is 16.5. The van der Waals surface area contributed by atoms with Crippen molar-refractivity contribution < 1.29 is 5.11 Å². The highest BCUT2D eigenvalue weighted by Crippen LogP contribution is 2.00. The lowest BCUT2D eigenvalue weighted by Gasteiger charge is -1.90. The van der Waals surface area contributed by atoms with Gasteiger partial charge in [-0.25, -0.2) is 0 Å². The minimum atomic E-state index is 0.151. The van der Waals surface area contributed by atoms with Crippen LogP contribution in [-0.4, -0.2) is 11.7 Å². The Morgan fingerprint density at radius 1 is 0.500 bits per heavy atom. The van der Waals surface area contributed by atoms with E-state index >= 15 is 0 Å². The summed E-state index contributed by atoms with van der Waals surface area (Å²) in [5.41, 5.74) is 0. The van der Waals surface area contributed by atoms with Crippen molar-refractivity contribution in [1.82, 2.24) is 0 Å². The normalized spacial score (nSPS) is 12.4. The molecule has 112 valence electrons. The van der Waals surface area contributed by atoms with Crippen LogP contribution >= 0.6 is 0 Å². The van der Waals surface area contributed by atoms with Crippen molar-refractivity contribution in [2.75, 3.05) is 6.61 Å². The van der Waals surface area contributed by atoms with Gasteiger partial charge in [0.1, 0.15) is 0 Å². The third-order valence-electron chi connectivity index (χ3n) is 2.81. The van der Waals surface area contributed by atoms with Gasteiger partial charge in [0.05, 0.1) is 6.61 Å². The molecule has 0 fully saturated rings. The number of aliphatic hydroxyl groups excluding tert-OH is 1. The van der Waals surface area contributed by atoms with Crippen molar-refractivity contribution in [3.63, 3.8) is 0 Å². The minimum absolute atomic E-state index is 0.151. The molecular weight excluding hydrogens is 244 g/mol. The second-order valence-electron chi connectivity index (χ2n) is 4.67. The summed E-state index contributed by atoms with van der Waals surface area (Å²) in [7, 11) is 0. The van der Waals surface area contributed by atoms with Gasteiger partial charge in [-0.2, -0.15) is 0 Å². The molecular formula is C19H30O. The second-order valence-corrected chi connectivity index (χ2v) is 4.67. The first-order valence-corrected chi connectivity index (χ1v) is 7.73. The van der Waals surface area contributed by atoms with Crippen LogP contribution in [0.1, 0.15) is 51.4 Å². The summed E-state index contributed by atoms with van der Waals surface area (Å²) in [6, 6.07) is 0. The zero-order valence-electron chi connectivity index (χ0n) is 12.7. The highest BCUT2D eigenvalue weighted by atomic mass is 16.2. The maximum absolute atomic E-state index is 8.56. The van der Waals surface area contributed by atoms with Crippen LogP contribution in [0.15, 0.2) is 61.3 Å². The Hall–Kier alpha value is -1.34. The van der Waals surface area contributed by atoms with E-state index in [-0.39, 0.29) is 6.61 Å². The fourth-order valence-corrected chi connectivity index (χ4v) is 1.69. The van der Waals surface area contributed by atoms with E-state index in [0.717, 1.165) is 51.4 Å². The van der Waals surface area contributed by atoms with Crippen LogP contribution in [0.4, 0.5) is 0 Å². The second kappa shape index (κ2) is 17.7. The highest BCUT2D eigenvalue weighted by molar-refractivity contribution is 4.92. The average molecular weight is 274 g/mol. The fourth-order valence-electron chi connectivity index (χ4n) is 1.69. The van der Waals surface area contributed by atoms with Crippen LogP contribution in [0.5, 0.6) is 0 Å². The molecule has 1 heteroatoms. The Bertz CT molecular complexity index is 308. The molecule has 0 saturated heterocycles. The van der Waals surface area contributed by atoms with Crippen LogP contribution in [-0.2, 0) is 0 Å². The standard InChI is InChI=1S/C19H30O/c1-2-3-4-5-6-7-8-9-10-11-12-13-14-15-16-17-18-19-20/h2,5-6,9-10,13-14,17-18,20H,1,3-4,7-8,11-12,15-16,19H2. The fraction of sp³-hybridized carbons (Fsp3) is 0.474. The number of aliphatic hydroxyl groups is 1. The zero-order chi connectivity index (χ0) is 14.7. The first-order valence-electron chi connectivity index (χ1n) is 7.73. The Balaban J connectivity index is 3.30. The molecule has 0 saturated carbocycles. The van der Waals surface area contributed by atoms with Crippen LogP contribution < -0.4 is 0 Å². The van der Waals surface area contributed by atoms with Gasteiger partial charge < -0.3 is 5.11 Å². The van der Waals surface area contributed by atoms with Crippen molar-refractivity contribution in [3.05, 3.63) is 61.3 Å². The van der Waals surface area contributed by atoms with Gasteiger partial charge in [0, 0.05) is 0 Å². The van der Waals surface area contributed by atoms with Crippen molar-refractivity contribution in [2.45, 2.75) is 51.4 Å². The topological polar surface area (TPSA) is 20.2 Å². The lowest BCUT2D eigenvalue weighted by Crippen LogP contribution is -1.72. The van der Waals surface area contributed by atoms with Crippen molar-refractivity contribution in [2.24, 2.45) is 0 Å². The van der Waals surface area contributed by atoms with E-state index in [9.17, 15) is 0 Å². The van der Waals surface area contributed by atoms with Gasteiger partial charge >= 0.3 is 0 Å². The molecule has 0 heterocycles. The van der Waals surface area contributed by atoms with Gasteiger partial charge in [0.2, 0.25) is 0 Å². The molecule has 0 atom stereocenters. The van der Waals surface area contributed by atoms with Gasteiger partial charge in [-0.15, -0.1) is 6.58 Å². The van der Waals surface area contributed by atoms with Gasteiger partial charge in [0.15, 0.2) is 0 Å². The Morgan fingerprint density at radius 3 is 1.10 bits per heavy atom. The quantitative estimate of drug-likeness (QED) is 0.347. The van der Waals surface area contributed by atoms with Crippen molar-refractivity contribution >= 4 is 0 Å². The first-order chi connectivity index (χ1) is 9.91. The smallest absolute Gasteiger partial charge is 0.0612 e. The predicted molar refractivity (Wildman–Crippen MR) is 90.8 cm³/mol. The van der Waals surface area contributed by atoms with E-state index in [4.69, 9.17) is 5.11 Å². The molecule has 0 aliphatic carbocycles. The molecule has 0 aliphatic heterocycles. The monoisotopic (exact) mass is 274 g/mol. The van der Waals surface area contributed by atoms with E-state index in [0.29, 0.717) is 0 Å². The van der Waals surface area contributed by atoms with Gasteiger partial charge in [0.25, 0.3) is 0 Å². The zero-order valence-corrected chi connectivity index (χ0v) is 12.7. The molecule has 0 amide bonds. The van der Waals surface area contributed by atoms with E-state index < -0.39 is 0 Å². The number of hydrogen-bond acceptors (Lipinski definition) is 1. The third-order valence-corrected chi connectivity index (χ3v) is 2.81. The van der Waals surface area contributed by atoms with E-state index in [2.05, 4.69) is 43.0 Å². The number of unbranched alkanes of at least 4 members (excludes halogenated alkanes) is 4. The summed E-state index contributed by atoms with van der Waals surface area (Å²) in [5.74, 6) is 0. The number of rotatable bonds is 13. The van der Waals surface area contributed by atoms with Gasteiger partial charge in [-0.1, -0.05) is 54.7 Å². The van der Waals surface area contributed by atoms with E-state index in [1.807, 2.05) is 12.2 Å². The van der Waals surface area contributed by atoms with Crippen LogP contribution in [0.3, 0.4) is 0 Å². The summed E-state index contributed by atoms with van der Waals surface area (Å²) < 4.78 is 0. The minimum Gasteiger partial charge on any atom is -0.392 e. The Labute approximate surface area is 125 Å². The summed E-state index contributed by atoms with van der Waals surface area (Å²) in [6.07, 6.45) is 28.1. The molecule has 20 heavy (non-hydrogen) atoms. The maximum Gasteiger partial charge on any atom is 0.0612 e. The van der Waals surface area contributed by atoms with Crippen molar-refractivity contribution in [3.8, 4) is 0 Å². The molecule has 0 aromatic rings. The molecule has 0 bridgehead atoms. The van der Waals surface area contributed by atoms with Crippen molar-refractivity contribution in [1.29, 1.82) is 0 Å². The molecule has 1 nitrogen and oxygen atoms in total. The molecule has 1 N–H and O–H groups in total. The number of hydrogen-bond donors (Lipinski definition) is 1. The van der Waals surface area contributed by atoms with E-state index in [1.54, 1.807) is 6.08 Å². The van der Waals surface area contributed by atoms with Crippen LogP contribution in [0.2, 0.25) is 0 Å². The third kappa shape index (κ3) is 16.7. The summed E-state index contributed by atoms with van der Waals surface area (Å²) in [4.78, 5) is 0. The molecule has 0 aromatic heterocycles. The highest BCUT2D eigenvalue weighted by Gasteiger charge is 1.80. The average Bonchev–Trinajstić information content (AvgIpc) is 2.47. The summed E-state index contributed by atoms with van der Waals surface area (Å²) >= 11 is 0. The lowest BCUT2D eigenvalue weighted by atomic mass is 10.2. The Morgan fingerprint density at radius 2 is 0.800 bits per heavy atom. The molecule has 0 radical (unpaired) electrons. The molecule has 0 aromatic carbocycles. The van der Waals surface area contributed by atoms with Crippen LogP contribution in [0, 0.1) is 0 Å². The molecule has 0 rings (SSSR count). The largest absolute Gasteiger partial charge is 0.392 e. The van der Waals surface area contributed by atoms with Gasteiger partial charge in [-0.3, -0.25) is 0 Å².